The minimum atomic E-state index is -1.07. The number of carbonyl (C=O) groups excluding carboxylic acids is 2. The number of carboxylic acid groups (broad SMARTS) is 1. The summed E-state index contributed by atoms with van der Waals surface area (Å²) >= 11 is 0. The van der Waals surface area contributed by atoms with Crippen LogP contribution in [0.25, 0.3) is 0 Å². The first-order valence-corrected chi connectivity index (χ1v) is 13.6. The van der Waals surface area contributed by atoms with Crippen LogP contribution in [0.15, 0.2) is 54.6 Å². The SMILES string of the molecule is C.C.CCOC(=O)Cc1cccc(C)c1N.CCOC(=O)Cc1cccc(C)c1[N+](=O)[O-].Cc1cccc(CC(=O)O)c1[N+](=O)[O-].O.O.[HH].[Pd]. The molecule has 280 valence electrons. The standard InChI is InChI=1S/C11H13NO4.C11H15NO2.C9H9NO4.2CH4.2H2O.Pd.H2/c1-3-16-10(13)7-9-6-4-5-8(2)11(9)12(14)15;1-3-14-10(13)7-9-6-4-5-8(2)11(9)12;1-6-3-2-4-7(5-8(11)12)9(6)10(13)14;;;;;;/h4-6H,3,7H2,1-2H3;4-6H,3,7,12H2,1-2H3;2-4H,5H2,1H3,(H,11,12);2*1H4;2*1H2;;1H. The van der Waals surface area contributed by atoms with E-state index >= 15 is 0 Å². The predicted molar refractivity (Wildman–Crippen MR) is 186 cm³/mol. The molecule has 0 unspecified atom stereocenters. The molecule has 0 aliphatic heterocycles. The van der Waals surface area contributed by atoms with Crippen molar-refractivity contribution in [2.75, 3.05) is 18.9 Å². The third-order valence-electron chi connectivity index (χ3n) is 6.04. The number of aryl methyl sites for hydroxylation is 3. The smallest absolute Gasteiger partial charge is 0.310 e. The molecule has 0 radical (unpaired) electrons. The number of aliphatic carboxylic acids is 1. The number of nitro groups is 2. The molecule has 3 aromatic carbocycles. The summed E-state index contributed by atoms with van der Waals surface area (Å²) in [6.45, 7) is 9.32. The predicted octanol–water partition coefficient (Wildman–Crippen LogP) is 5.09. The second-order valence-corrected chi connectivity index (χ2v) is 9.36. The fourth-order valence-corrected chi connectivity index (χ4v) is 4.04. The maximum Gasteiger partial charge on any atom is 0.310 e. The zero-order chi connectivity index (χ0) is 33.4. The van der Waals surface area contributed by atoms with E-state index in [2.05, 4.69) is 0 Å². The van der Waals surface area contributed by atoms with Gasteiger partial charge in [-0.25, -0.2) is 0 Å². The molecule has 7 N–H and O–H groups in total. The number of nitrogens with zero attached hydrogens (tertiary/aromatic N) is 2. The van der Waals surface area contributed by atoms with E-state index in [-0.39, 0.29) is 96.4 Å². The van der Waals surface area contributed by atoms with E-state index in [1.54, 1.807) is 58.0 Å². The summed E-state index contributed by atoms with van der Waals surface area (Å²) in [5.41, 5.74) is 9.88. The molecule has 3 aromatic rings. The zero-order valence-corrected chi connectivity index (χ0v) is 28.2. The van der Waals surface area contributed by atoms with Gasteiger partial charge in [-0.2, -0.15) is 0 Å². The Kier molecular flexibility index (Phi) is 29.9. The van der Waals surface area contributed by atoms with Gasteiger partial charge in [0, 0.05) is 49.8 Å². The maximum atomic E-state index is 11.3. The molecule has 0 heterocycles. The summed E-state index contributed by atoms with van der Waals surface area (Å²) in [6, 6.07) is 15.2. The molecule has 15 nitrogen and oxygen atoms in total. The number of ether oxygens (including phenoxy) is 2. The van der Waals surface area contributed by atoms with Crippen LogP contribution in [0.3, 0.4) is 0 Å². The van der Waals surface area contributed by atoms with Gasteiger partial charge >= 0.3 is 17.9 Å². The van der Waals surface area contributed by atoms with Crippen molar-refractivity contribution in [3.8, 4) is 0 Å². The minimum absolute atomic E-state index is 0. The van der Waals surface area contributed by atoms with Crippen LogP contribution in [-0.4, -0.2) is 57.0 Å². The van der Waals surface area contributed by atoms with E-state index in [1.807, 2.05) is 25.1 Å². The normalized spacial score (nSPS) is 8.84. The first-order valence-electron chi connectivity index (χ1n) is 13.6. The van der Waals surface area contributed by atoms with Crippen molar-refractivity contribution < 1.29 is 71.6 Å². The van der Waals surface area contributed by atoms with E-state index in [0.717, 1.165) is 11.1 Å². The Labute approximate surface area is 301 Å². The molecule has 0 atom stereocenters. The van der Waals surface area contributed by atoms with Crippen molar-refractivity contribution in [2.45, 2.75) is 68.7 Å². The Bertz CT molecular complexity index is 1510. The quantitative estimate of drug-likeness (QED) is 0.0898. The molecule has 0 aliphatic carbocycles. The monoisotopic (exact) mass is 787 g/mol. The Balaban J connectivity index is -0.000000137. The van der Waals surface area contributed by atoms with Crippen LogP contribution >= 0.6 is 0 Å². The molecule has 0 saturated heterocycles. The van der Waals surface area contributed by atoms with E-state index < -0.39 is 21.8 Å². The van der Waals surface area contributed by atoms with Crippen LogP contribution in [0.5, 0.6) is 0 Å². The fraction of sp³-hybridized carbons (Fsp3) is 0.364. The number of rotatable bonds is 10. The number of carbonyl (C=O) groups is 3. The third-order valence-corrected chi connectivity index (χ3v) is 6.04. The van der Waals surface area contributed by atoms with Gasteiger partial charge in [0.25, 0.3) is 11.4 Å². The topological polar surface area (TPSA) is 265 Å². The number of hydrogen-bond donors (Lipinski definition) is 2. The van der Waals surface area contributed by atoms with E-state index in [1.165, 1.54) is 6.07 Å². The summed E-state index contributed by atoms with van der Waals surface area (Å²) in [7, 11) is 0. The molecule has 0 aromatic heterocycles. The average Bonchev–Trinajstić information content (AvgIpc) is 2.91. The fourth-order valence-electron chi connectivity index (χ4n) is 4.04. The van der Waals surface area contributed by atoms with Gasteiger partial charge < -0.3 is 31.3 Å². The number of nitrogen functional groups attached to an aromatic ring is 1. The minimum Gasteiger partial charge on any atom is -0.481 e. The van der Waals surface area contributed by atoms with Gasteiger partial charge in [-0.15, -0.1) is 0 Å². The van der Waals surface area contributed by atoms with Crippen molar-refractivity contribution in [3.63, 3.8) is 0 Å². The van der Waals surface area contributed by atoms with Crippen LogP contribution in [0.1, 0.15) is 63.5 Å². The van der Waals surface area contributed by atoms with Crippen LogP contribution < -0.4 is 5.73 Å². The van der Waals surface area contributed by atoms with Gasteiger partial charge in [-0.05, 0) is 45.7 Å². The first kappa shape index (κ1) is 53.7. The summed E-state index contributed by atoms with van der Waals surface area (Å²) in [6.07, 6.45) is -0.134. The van der Waals surface area contributed by atoms with E-state index in [4.69, 9.17) is 20.3 Å². The summed E-state index contributed by atoms with van der Waals surface area (Å²) < 4.78 is 9.61. The molecule has 0 saturated carbocycles. The molecule has 16 heteroatoms. The second-order valence-electron chi connectivity index (χ2n) is 9.36. The second kappa shape index (κ2) is 27.2. The molecule has 0 amide bonds. The summed E-state index contributed by atoms with van der Waals surface area (Å²) in [5.74, 6) is -1.75. The van der Waals surface area contributed by atoms with Crippen LogP contribution in [0.4, 0.5) is 17.1 Å². The Morgan fingerprint density at radius 1 is 0.694 bits per heavy atom. The number of nitrogens with two attached hydrogens (primary N) is 1. The molecule has 49 heavy (non-hydrogen) atoms. The van der Waals surface area contributed by atoms with E-state index in [0.29, 0.717) is 29.0 Å². The van der Waals surface area contributed by atoms with Crippen molar-refractivity contribution in [1.29, 1.82) is 0 Å². The van der Waals surface area contributed by atoms with Crippen molar-refractivity contribution >= 4 is 35.0 Å². The number of anilines is 1. The number of para-hydroxylation sites is 3. The van der Waals surface area contributed by atoms with Gasteiger partial charge in [-0.3, -0.25) is 34.6 Å². The average molecular weight is 788 g/mol. The van der Waals surface area contributed by atoms with Crippen molar-refractivity contribution in [3.05, 3.63) is 108 Å². The van der Waals surface area contributed by atoms with Gasteiger partial charge in [0.2, 0.25) is 0 Å². The van der Waals surface area contributed by atoms with Gasteiger partial charge in [0.05, 0.1) is 42.3 Å². The molecule has 0 aliphatic rings. The number of hydrogen-bond acceptors (Lipinski definition) is 10. The van der Waals surface area contributed by atoms with Crippen LogP contribution in [0, 0.1) is 41.0 Å². The largest absolute Gasteiger partial charge is 0.481 e. The Hall–Kier alpha value is -4.75. The number of carboxylic acids is 1. The van der Waals surface area contributed by atoms with Crippen molar-refractivity contribution in [1.82, 2.24) is 0 Å². The molecule has 3 rings (SSSR count). The van der Waals surface area contributed by atoms with Gasteiger partial charge in [0.1, 0.15) is 0 Å². The first-order chi connectivity index (χ1) is 20.7. The van der Waals surface area contributed by atoms with Gasteiger partial charge in [0.15, 0.2) is 0 Å². The summed E-state index contributed by atoms with van der Waals surface area (Å²) in [4.78, 5) is 53.3. The third kappa shape index (κ3) is 18.4. The molecular weight excluding hydrogens is 737 g/mol. The number of nitro benzene ring substituents is 2. The Morgan fingerprint density at radius 3 is 1.37 bits per heavy atom. The Morgan fingerprint density at radius 2 is 1.02 bits per heavy atom. The van der Waals surface area contributed by atoms with Crippen molar-refractivity contribution in [2.24, 2.45) is 0 Å². The van der Waals surface area contributed by atoms with Crippen LogP contribution in [-0.2, 0) is 63.5 Å². The van der Waals surface area contributed by atoms with Crippen LogP contribution in [0.2, 0.25) is 0 Å². The van der Waals surface area contributed by atoms with E-state index in [9.17, 15) is 34.6 Å². The molecule has 0 spiro atoms. The van der Waals surface area contributed by atoms with Gasteiger partial charge in [-0.1, -0.05) is 69.5 Å². The maximum absolute atomic E-state index is 11.3. The molecule has 0 bridgehead atoms. The molecule has 0 fully saturated rings. The number of benzene rings is 3. The molecular formula is C33H51N3O12Pd. The summed E-state index contributed by atoms with van der Waals surface area (Å²) in [5, 5.41) is 30.0. The zero-order valence-electron chi connectivity index (χ0n) is 26.6. The number of esters is 2.